The van der Waals surface area contributed by atoms with E-state index in [4.69, 9.17) is 4.74 Å². The summed E-state index contributed by atoms with van der Waals surface area (Å²) < 4.78 is 5.06. The summed E-state index contributed by atoms with van der Waals surface area (Å²) in [7, 11) is 0. The van der Waals surface area contributed by atoms with Gasteiger partial charge in [-0.05, 0) is 12.3 Å². The van der Waals surface area contributed by atoms with Gasteiger partial charge < -0.3 is 10.5 Å². The molecule has 1 rings (SSSR count). The highest BCUT2D eigenvalue weighted by Crippen LogP contribution is 2.09. The number of ether oxygens (including phenoxy) is 1. The second-order valence-corrected chi connectivity index (χ2v) is 2.58. The molecule has 1 aliphatic heterocycles. The van der Waals surface area contributed by atoms with E-state index in [2.05, 4.69) is 12.7 Å². The Morgan fingerprint density at radius 2 is 2.30 bits per heavy atom. The van der Waals surface area contributed by atoms with Crippen LogP contribution in [-0.4, -0.2) is 19.1 Å². The van der Waals surface area contributed by atoms with E-state index in [0.717, 1.165) is 19.1 Å². The highest BCUT2D eigenvalue weighted by molar-refractivity contribution is 5.70. The maximum absolute atomic E-state index is 9.22. The van der Waals surface area contributed by atoms with Crippen molar-refractivity contribution in [1.29, 1.82) is 0 Å². The Kier molecular flexibility index (Phi) is 4.94. The lowest BCUT2D eigenvalue weighted by atomic mass is 10.2. The quantitative estimate of drug-likeness (QED) is 0.550. The van der Waals surface area contributed by atoms with Gasteiger partial charge in [-0.15, -0.1) is 0 Å². The molecule has 1 aliphatic rings. The Morgan fingerprint density at radius 3 is 2.40 bits per heavy atom. The number of primary amides is 1. The molecule has 1 amide bonds. The SMILES string of the molecule is CC(N)=O.CC1CCOC1.[HH]. The van der Waals surface area contributed by atoms with Crippen LogP contribution in [0.2, 0.25) is 0 Å². The molecular weight excluding hydrogens is 130 g/mol. The first-order valence-corrected chi connectivity index (χ1v) is 3.46. The van der Waals surface area contributed by atoms with E-state index in [-0.39, 0.29) is 7.33 Å². The third kappa shape index (κ3) is 7.43. The van der Waals surface area contributed by atoms with Crippen molar-refractivity contribution in [3.63, 3.8) is 0 Å². The van der Waals surface area contributed by atoms with E-state index in [9.17, 15) is 4.79 Å². The number of rotatable bonds is 0. The van der Waals surface area contributed by atoms with Crippen LogP contribution in [0.5, 0.6) is 0 Å². The number of carbonyl (C=O) groups excluding carboxylic acids is 1. The normalized spacial score (nSPS) is 23.2. The lowest BCUT2D eigenvalue weighted by molar-refractivity contribution is -0.115. The van der Waals surface area contributed by atoms with E-state index < -0.39 is 0 Å². The fourth-order valence-electron chi connectivity index (χ4n) is 0.652. The summed E-state index contributed by atoms with van der Waals surface area (Å²) in [5.41, 5.74) is 4.47. The maximum atomic E-state index is 9.22. The molecule has 0 aliphatic carbocycles. The zero-order chi connectivity index (χ0) is 7.98. The molecule has 0 aromatic heterocycles. The highest BCUT2D eigenvalue weighted by Gasteiger charge is 2.07. The highest BCUT2D eigenvalue weighted by atomic mass is 16.5. The van der Waals surface area contributed by atoms with Gasteiger partial charge >= 0.3 is 0 Å². The summed E-state index contributed by atoms with van der Waals surface area (Å²) in [6.45, 7) is 5.49. The van der Waals surface area contributed by atoms with Gasteiger partial charge in [0.25, 0.3) is 0 Å². The Hall–Kier alpha value is -0.570. The van der Waals surface area contributed by atoms with E-state index >= 15 is 0 Å². The van der Waals surface area contributed by atoms with Gasteiger partial charge in [0.05, 0.1) is 0 Å². The Balaban J connectivity index is 0. The third-order valence-electron chi connectivity index (χ3n) is 1.16. The van der Waals surface area contributed by atoms with Crippen molar-refractivity contribution >= 4 is 5.91 Å². The molecule has 1 heterocycles. The molecule has 0 aromatic carbocycles. The number of amides is 1. The average Bonchev–Trinajstić information content (AvgIpc) is 2.15. The molecular formula is C7H17NO2. The number of hydrogen-bond donors (Lipinski definition) is 1. The molecule has 0 aromatic rings. The summed E-state index contributed by atoms with van der Waals surface area (Å²) >= 11 is 0. The van der Waals surface area contributed by atoms with E-state index in [1.54, 1.807) is 0 Å². The van der Waals surface area contributed by atoms with Crippen LogP contribution in [0.25, 0.3) is 0 Å². The largest absolute Gasteiger partial charge is 0.381 e. The first-order chi connectivity index (χ1) is 4.63. The van der Waals surface area contributed by atoms with Crippen molar-refractivity contribution in [2.24, 2.45) is 11.7 Å². The van der Waals surface area contributed by atoms with Crippen LogP contribution < -0.4 is 5.73 Å². The second kappa shape index (κ2) is 5.23. The van der Waals surface area contributed by atoms with Crippen molar-refractivity contribution in [2.75, 3.05) is 13.2 Å². The van der Waals surface area contributed by atoms with Gasteiger partial charge in [-0.3, -0.25) is 4.79 Å². The molecule has 0 radical (unpaired) electrons. The van der Waals surface area contributed by atoms with Crippen LogP contribution in [0.3, 0.4) is 0 Å². The molecule has 0 saturated carbocycles. The van der Waals surface area contributed by atoms with Crippen LogP contribution in [0.1, 0.15) is 21.7 Å². The van der Waals surface area contributed by atoms with Crippen LogP contribution in [0.15, 0.2) is 0 Å². The van der Waals surface area contributed by atoms with Gasteiger partial charge in [0.1, 0.15) is 0 Å². The molecule has 1 unspecified atom stereocenters. The van der Waals surface area contributed by atoms with E-state index in [0.29, 0.717) is 0 Å². The number of carbonyl (C=O) groups is 1. The Labute approximate surface area is 63.0 Å². The van der Waals surface area contributed by atoms with Crippen LogP contribution in [0, 0.1) is 5.92 Å². The molecule has 1 saturated heterocycles. The van der Waals surface area contributed by atoms with Crippen molar-refractivity contribution in [2.45, 2.75) is 20.3 Å². The molecule has 2 N–H and O–H groups in total. The Bertz CT molecular complexity index is 98.6. The number of nitrogens with two attached hydrogens (primary N) is 1. The number of hydrogen-bond acceptors (Lipinski definition) is 2. The topological polar surface area (TPSA) is 52.3 Å². The predicted molar refractivity (Wildman–Crippen MR) is 41.6 cm³/mol. The van der Waals surface area contributed by atoms with Gasteiger partial charge in [-0.1, -0.05) is 6.92 Å². The summed E-state index contributed by atoms with van der Waals surface area (Å²) in [4.78, 5) is 9.22. The minimum absolute atomic E-state index is 0. The lowest BCUT2D eigenvalue weighted by Gasteiger charge is -1.89. The predicted octanol–water partition coefficient (Wildman–Crippen LogP) is 0.780. The molecule has 62 valence electrons. The average molecular weight is 147 g/mol. The molecule has 3 heteroatoms. The summed E-state index contributed by atoms with van der Waals surface area (Å²) in [6.07, 6.45) is 1.26. The smallest absolute Gasteiger partial charge is 0.214 e. The van der Waals surface area contributed by atoms with Crippen LogP contribution in [-0.2, 0) is 9.53 Å². The molecule has 3 nitrogen and oxygen atoms in total. The minimum atomic E-state index is -0.333. The zero-order valence-electron chi connectivity index (χ0n) is 6.59. The first kappa shape index (κ1) is 9.43. The first-order valence-electron chi connectivity index (χ1n) is 3.46. The van der Waals surface area contributed by atoms with E-state index in [1.807, 2.05) is 0 Å². The van der Waals surface area contributed by atoms with Crippen LogP contribution >= 0.6 is 0 Å². The fraction of sp³-hybridized carbons (Fsp3) is 0.857. The summed E-state index contributed by atoms with van der Waals surface area (Å²) in [5, 5.41) is 0. The van der Waals surface area contributed by atoms with Crippen LogP contribution in [0.4, 0.5) is 0 Å². The van der Waals surface area contributed by atoms with Crippen molar-refractivity contribution in [3.05, 3.63) is 0 Å². The fourth-order valence-corrected chi connectivity index (χ4v) is 0.652. The second-order valence-electron chi connectivity index (χ2n) is 2.58. The lowest BCUT2D eigenvalue weighted by Crippen LogP contribution is -2.01. The molecule has 1 atom stereocenters. The minimum Gasteiger partial charge on any atom is -0.381 e. The maximum Gasteiger partial charge on any atom is 0.214 e. The summed E-state index contributed by atoms with van der Waals surface area (Å²) in [5.74, 6) is 0.491. The van der Waals surface area contributed by atoms with E-state index in [1.165, 1.54) is 13.3 Å². The molecule has 10 heavy (non-hydrogen) atoms. The third-order valence-corrected chi connectivity index (χ3v) is 1.16. The van der Waals surface area contributed by atoms with Gasteiger partial charge in [0.15, 0.2) is 0 Å². The zero-order valence-corrected chi connectivity index (χ0v) is 6.59. The molecule has 1 fully saturated rings. The van der Waals surface area contributed by atoms with Crippen molar-refractivity contribution in [3.8, 4) is 0 Å². The van der Waals surface area contributed by atoms with Crippen molar-refractivity contribution in [1.82, 2.24) is 0 Å². The molecule has 0 spiro atoms. The van der Waals surface area contributed by atoms with Crippen molar-refractivity contribution < 1.29 is 11.0 Å². The summed E-state index contributed by atoms with van der Waals surface area (Å²) in [6, 6.07) is 0. The Morgan fingerprint density at radius 1 is 1.80 bits per heavy atom. The molecule has 0 bridgehead atoms. The monoisotopic (exact) mass is 147 g/mol. The van der Waals surface area contributed by atoms with Gasteiger partial charge in [-0.2, -0.15) is 0 Å². The van der Waals surface area contributed by atoms with Gasteiger partial charge in [0.2, 0.25) is 5.91 Å². The standard InChI is InChI=1S/C5H10O.C2H5NO.H2/c1-5-2-3-6-4-5;1-2(3)4;/h5H,2-4H2,1H3;1H3,(H2,3,4);1H. The van der Waals surface area contributed by atoms with Gasteiger partial charge in [-0.25, -0.2) is 0 Å². The van der Waals surface area contributed by atoms with Gasteiger partial charge in [0, 0.05) is 21.6 Å².